The van der Waals surface area contributed by atoms with E-state index in [0.29, 0.717) is 5.56 Å². The van der Waals surface area contributed by atoms with Crippen molar-refractivity contribution in [2.45, 2.75) is 45.6 Å². The van der Waals surface area contributed by atoms with E-state index in [1.54, 1.807) is 12.1 Å². The lowest BCUT2D eigenvalue weighted by atomic mass is 9.89. The summed E-state index contributed by atoms with van der Waals surface area (Å²) in [6.07, 6.45) is 2.63. The Morgan fingerprint density at radius 2 is 1.57 bits per heavy atom. The van der Waals surface area contributed by atoms with Crippen molar-refractivity contribution < 1.29 is 9.90 Å². The van der Waals surface area contributed by atoms with E-state index < -0.39 is 0 Å². The van der Waals surface area contributed by atoms with Crippen molar-refractivity contribution in [1.82, 2.24) is 5.32 Å². The first-order valence-corrected chi connectivity index (χ1v) is 7.59. The van der Waals surface area contributed by atoms with E-state index >= 15 is 0 Å². The summed E-state index contributed by atoms with van der Waals surface area (Å²) in [5.41, 5.74) is 0.142. The van der Waals surface area contributed by atoms with Crippen molar-refractivity contribution in [3.63, 3.8) is 0 Å². The maximum atomic E-state index is 12.5. The van der Waals surface area contributed by atoms with E-state index in [9.17, 15) is 9.90 Å². The Labute approximate surface area is 126 Å². The van der Waals surface area contributed by atoms with Crippen LogP contribution in [0, 0.1) is 0 Å². The first-order chi connectivity index (χ1) is 10.0. The third-order valence-electron chi connectivity index (χ3n) is 4.52. The monoisotopic (exact) mass is 285 g/mol. The van der Waals surface area contributed by atoms with Crippen LogP contribution in [-0.2, 0) is 0 Å². The molecule has 1 amide bonds. The van der Waals surface area contributed by atoms with E-state index in [2.05, 4.69) is 26.1 Å². The molecule has 2 aromatic rings. The molecule has 0 unspecified atom stereocenters. The van der Waals surface area contributed by atoms with Gasteiger partial charge in [-0.1, -0.05) is 45.0 Å². The molecule has 2 N–H and O–H groups in total. The van der Waals surface area contributed by atoms with Crippen LogP contribution in [0.25, 0.3) is 10.8 Å². The SMILES string of the molecule is CCC(CC)(CC)NC(=O)c1cc2ccccc2cc1O. The number of aromatic hydroxyl groups is 1. The van der Waals surface area contributed by atoms with Crippen LogP contribution in [0.5, 0.6) is 5.75 Å². The maximum Gasteiger partial charge on any atom is 0.255 e. The molecule has 0 aliphatic rings. The van der Waals surface area contributed by atoms with Crippen molar-refractivity contribution in [3.8, 4) is 5.75 Å². The smallest absolute Gasteiger partial charge is 0.255 e. The fraction of sp³-hybridized carbons (Fsp3) is 0.389. The van der Waals surface area contributed by atoms with Gasteiger partial charge >= 0.3 is 0 Å². The van der Waals surface area contributed by atoms with Crippen LogP contribution < -0.4 is 5.32 Å². The molecule has 0 aliphatic carbocycles. The third kappa shape index (κ3) is 3.02. The molecule has 0 heterocycles. The zero-order valence-corrected chi connectivity index (χ0v) is 12.9. The molecule has 112 valence electrons. The minimum atomic E-state index is -0.205. The summed E-state index contributed by atoms with van der Waals surface area (Å²) in [5.74, 6) is -0.174. The van der Waals surface area contributed by atoms with Crippen LogP contribution >= 0.6 is 0 Å². The highest BCUT2D eigenvalue weighted by Crippen LogP contribution is 2.27. The maximum absolute atomic E-state index is 12.5. The largest absolute Gasteiger partial charge is 0.507 e. The van der Waals surface area contributed by atoms with E-state index in [-0.39, 0.29) is 17.2 Å². The molecule has 21 heavy (non-hydrogen) atoms. The molecule has 0 fully saturated rings. The summed E-state index contributed by atoms with van der Waals surface area (Å²) in [5, 5.41) is 15.1. The molecule has 0 bridgehead atoms. The Morgan fingerprint density at radius 1 is 1.05 bits per heavy atom. The lowest BCUT2D eigenvalue weighted by molar-refractivity contribution is 0.0885. The van der Waals surface area contributed by atoms with Crippen LogP contribution in [-0.4, -0.2) is 16.6 Å². The fourth-order valence-electron chi connectivity index (χ4n) is 2.73. The van der Waals surface area contributed by atoms with Crippen LogP contribution in [0.3, 0.4) is 0 Å². The number of nitrogens with one attached hydrogen (secondary N) is 1. The average molecular weight is 285 g/mol. The third-order valence-corrected chi connectivity index (χ3v) is 4.52. The standard InChI is InChI=1S/C18H23NO2/c1-4-18(5-2,6-3)19-17(21)15-11-13-9-7-8-10-14(13)12-16(15)20/h7-12,20H,4-6H2,1-3H3,(H,19,21). The second kappa shape index (κ2) is 6.17. The number of phenolic OH excluding ortho intramolecular Hbond substituents is 1. The Balaban J connectivity index is 2.37. The molecule has 0 aliphatic heterocycles. The number of carbonyl (C=O) groups is 1. The van der Waals surface area contributed by atoms with Gasteiger partial charge < -0.3 is 10.4 Å². The number of carbonyl (C=O) groups excluding carboxylic acids is 1. The van der Waals surface area contributed by atoms with E-state index in [1.807, 2.05) is 24.3 Å². The van der Waals surface area contributed by atoms with Gasteiger partial charge in [0.2, 0.25) is 0 Å². The van der Waals surface area contributed by atoms with Gasteiger partial charge in [-0.3, -0.25) is 4.79 Å². The summed E-state index contributed by atoms with van der Waals surface area (Å²) in [4.78, 5) is 12.5. The lowest BCUT2D eigenvalue weighted by Crippen LogP contribution is -2.47. The number of benzene rings is 2. The minimum Gasteiger partial charge on any atom is -0.507 e. The number of phenols is 1. The normalized spacial score (nSPS) is 11.6. The molecule has 0 saturated carbocycles. The predicted octanol–water partition coefficient (Wildman–Crippen LogP) is 4.24. The van der Waals surface area contributed by atoms with Gasteiger partial charge in [-0.05, 0) is 42.2 Å². The Kier molecular flexibility index (Phi) is 4.51. The van der Waals surface area contributed by atoms with Gasteiger partial charge in [-0.2, -0.15) is 0 Å². The Hall–Kier alpha value is -2.03. The van der Waals surface area contributed by atoms with Crippen molar-refractivity contribution in [2.24, 2.45) is 0 Å². The molecule has 0 saturated heterocycles. The second-order valence-corrected chi connectivity index (χ2v) is 5.51. The average Bonchev–Trinajstić information content (AvgIpc) is 2.52. The number of amides is 1. The second-order valence-electron chi connectivity index (χ2n) is 5.51. The van der Waals surface area contributed by atoms with E-state index in [0.717, 1.165) is 30.0 Å². The summed E-state index contributed by atoms with van der Waals surface area (Å²) >= 11 is 0. The molecule has 0 atom stereocenters. The van der Waals surface area contributed by atoms with Gasteiger partial charge in [0, 0.05) is 5.54 Å². The summed E-state index contributed by atoms with van der Waals surface area (Å²) in [6.45, 7) is 6.23. The topological polar surface area (TPSA) is 49.3 Å². The molecule has 2 aromatic carbocycles. The summed E-state index contributed by atoms with van der Waals surface area (Å²) < 4.78 is 0. The molecule has 3 heteroatoms. The van der Waals surface area contributed by atoms with Gasteiger partial charge in [0.05, 0.1) is 5.56 Å². The predicted molar refractivity (Wildman–Crippen MR) is 86.7 cm³/mol. The van der Waals surface area contributed by atoms with Crippen molar-refractivity contribution in [2.75, 3.05) is 0 Å². The number of hydrogen-bond donors (Lipinski definition) is 2. The highest BCUT2D eigenvalue weighted by Gasteiger charge is 2.27. The highest BCUT2D eigenvalue weighted by molar-refractivity contribution is 6.01. The Bertz CT molecular complexity index is 636. The quantitative estimate of drug-likeness (QED) is 0.863. The van der Waals surface area contributed by atoms with E-state index in [1.165, 1.54) is 0 Å². The molecule has 2 rings (SSSR count). The fourth-order valence-corrected chi connectivity index (χ4v) is 2.73. The van der Waals surface area contributed by atoms with Crippen molar-refractivity contribution in [3.05, 3.63) is 42.0 Å². The van der Waals surface area contributed by atoms with Crippen LogP contribution in [0.2, 0.25) is 0 Å². The summed E-state index contributed by atoms with van der Waals surface area (Å²) in [7, 11) is 0. The Morgan fingerprint density at radius 3 is 2.10 bits per heavy atom. The highest BCUT2D eigenvalue weighted by atomic mass is 16.3. The zero-order chi connectivity index (χ0) is 15.5. The number of hydrogen-bond acceptors (Lipinski definition) is 2. The van der Waals surface area contributed by atoms with Gasteiger partial charge in [0.25, 0.3) is 5.91 Å². The molecular weight excluding hydrogens is 262 g/mol. The van der Waals surface area contributed by atoms with Crippen molar-refractivity contribution >= 4 is 16.7 Å². The minimum absolute atomic E-state index is 0.0309. The lowest BCUT2D eigenvalue weighted by Gasteiger charge is -2.32. The van der Waals surface area contributed by atoms with Gasteiger partial charge in [0.15, 0.2) is 0 Å². The van der Waals surface area contributed by atoms with Gasteiger partial charge in [-0.25, -0.2) is 0 Å². The number of fused-ring (bicyclic) bond motifs is 1. The molecule has 0 spiro atoms. The first kappa shape index (κ1) is 15.4. The number of rotatable bonds is 5. The van der Waals surface area contributed by atoms with Crippen molar-refractivity contribution in [1.29, 1.82) is 0 Å². The van der Waals surface area contributed by atoms with Gasteiger partial charge in [0.1, 0.15) is 5.75 Å². The molecule has 0 aromatic heterocycles. The molecule has 3 nitrogen and oxygen atoms in total. The van der Waals surface area contributed by atoms with Crippen LogP contribution in [0.4, 0.5) is 0 Å². The van der Waals surface area contributed by atoms with Crippen LogP contribution in [0.15, 0.2) is 36.4 Å². The first-order valence-electron chi connectivity index (χ1n) is 7.59. The van der Waals surface area contributed by atoms with Crippen LogP contribution in [0.1, 0.15) is 50.4 Å². The van der Waals surface area contributed by atoms with Gasteiger partial charge in [-0.15, -0.1) is 0 Å². The summed E-state index contributed by atoms with van der Waals surface area (Å²) in [6, 6.07) is 11.1. The van der Waals surface area contributed by atoms with E-state index in [4.69, 9.17) is 0 Å². The molecular formula is C18H23NO2. The zero-order valence-electron chi connectivity index (χ0n) is 12.9. The molecule has 0 radical (unpaired) electrons.